The Morgan fingerprint density at radius 1 is 0.882 bits per heavy atom. The Labute approximate surface area is 114 Å². The SMILES string of the molecule is ClC[Si]OC(C1CCCCC1)C1CCCCC1. The maximum Gasteiger partial charge on any atom is 0.246 e. The lowest BCUT2D eigenvalue weighted by atomic mass is 9.75. The van der Waals surface area contributed by atoms with E-state index in [2.05, 4.69) is 0 Å². The van der Waals surface area contributed by atoms with E-state index in [1.54, 1.807) is 0 Å². The predicted octanol–water partition coefficient (Wildman–Crippen LogP) is 4.35. The Kier molecular flexibility index (Phi) is 6.38. The van der Waals surface area contributed by atoms with E-state index in [-0.39, 0.29) is 0 Å². The first-order chi connectivity index (χ1) is 8.42. The van der Waals surface area contributed by atoms with Crippen LogP contribution in [0.1, 0.15) is 64.2 Å². The highest BCUT2D eigenvalue weighted by molar-refractivity contribution is 6.45. The molecule has 0 aromatic heterocycles. The number of rotatable bonds is 5. The van der Waals surface area contributed by atoms with Gasteiger partial charge in [0.1, 0.15) is 0 Å². The molecule has 0 bridgehead atoms. The van der Waals surface area contributed by atoms with Crippen LogP contribution in [-0.4, -0.2) is 21.4 Å². The Bertz CT molecular complexity index is 182. The van der Waals surface area contributed by atoms with Gasteiger partial charge in [-0.3, -0.25) is 0 Å². The average Bonchev–Trinajstić information content (AvgIpc) is 2.42. The number of hydrogen-bond donors (Lipinski definition) is 0. The van der Waals surface area contributed by atoms with Crippen molar-refractivity contribution in [2.75, 3.05) is 5.50 Å². The van der Waals surface area contributed by atoms with E-state index < -0.39 is 0 Å². The van der Waals surface area contributed by atoms with Crippen LogP contribution in [0, 0.1) is 11.8 Å². The van der Waals surface area contributed by atoms with Crippen molar-refractivity contribution >= 4 is 21.4 Å². The quantitative estimate of drug-likeness (QED) is 0.534. The van der Waals surface area contributed by atoms with Crippen molar-refractivity contribution in [2.24, 2.45) is 11.8 Å². The molecule has 1 nitrogen and oxygen atoms in total. The van der Waals surface area contributed by atoms with Crippen LogP contribution in [0.5, 0.6) is 0 Å². The Morgan fingerprint density at radius 3 is 1.76 bits per heavy atom. The summed E-state index contributed by atoms with van der Waals surface area (Å²) in [5, 5.41) is 0. The minimum Gasteiger partial charge on any atom is -0.413 e. The summed E-state index contributed by atoms with van der Waals surface area (Å²) >= 11 is 5.81. The van der Waals surface area contributed by atoms with Gasteiger partial charge in [-0.1, -0.05) is 38.5 Å². The molecule has 2 aliphatic carbocycles. The highest BCUT2D eigenvalue weighted by Crippen LogP contribution is 2.37. The predicted molar refractivity (Wildman–Crippen MR) is 74.5 cm³/mol. The molecule has 2 aliphatic rings. The molecule has 2 fully saturated rings. The van der Waals surface area contributed by atoms with Gasteiger partial charge >= 0.3 is 0 Å². The third kappa shape index (κ3) is 4.25. The van der Waals surface area contributed by atoms with Gasteiger partial charge in [0.25, 0.3) is 0 Å². The first kappa shape index (κ1) is 13.9. The van der Waals surface area contributed by atoms with Gasteiger partial charge in [0, 0.05) is 5.50 Å². The van der Waals surface area contributed by atoms with Crippen molar-refractivity contribution in [1.82, 2.24) is 0 Å². The van der Waals surface area contributed by atoms with Crippen molar-refractivity contribution in [3.8, 4) is 0 Å². The Hall–Kier alpha value is 0.467. The highest BCUT2D eigenvalue weighted by Gasteiger charge is 2.31. The molecule has 0 saturated heterocycles. The summed E-state index contributed by atoms with van der Waals surface area (Å²) in [7, 11) is 0.509. The highest BCUT2D eigenvalue weighted by atomic mass is 35.5. The van der Waals surface area contributed by atoms with E-state index in [9.17, 15) is 0 Å². The topological polar surface area (TPSA) is 9.23 Å². The lowest BCUT2D eigenvalue weighted by molar-refractivity contribution is 0.0422. The first-order valence-corrected chi connectivity index (χ1v) is 9.01. The van der Waals surface area contributed by atoms with Crippen LogP contribution in [0.4, 0.5) is 0 Å². The molecule has 2 rings (SSSR count). The molecule has 2 radical (unpaired) electrons. The molecule has 0 N–H and O–H groups in total. The standard InChI is InChI=1S/C14H25ClOSi/c15-11-17-16-14(12-7-3-1-4-8-12)13-9-5-2-6-10-13/h12-14H,1-11H2. The Morgan fingerprint density at radius 2 is 1.35 bits per heavy atom. The van der Waals surface area contributed by atoms with Crippen LogP contribution in [0.2, 0.25) is 0 Å². The second-order valence-electron chi connectivity index (χ2n) is 5.66. The second kappa shape index (κ2) is 7.80. The minimum absolute atomic E-state index is 0.509. The van der Waals surface area contributed by atoms with Crippen molar-refractivity contribution in [2.45, 2.75) is 70.3 Å². The number of halogens is 1. The van der Waals surface area contributed by atoms with Crippen LogP contribution >= 0.6 is 11.6 Å². The molecular formula is C14H25ClOSi. The molecule has 0 unspecified atom stereocenters. The van der Waals surface area contributed by atoms with Crippen LogP contribution < -0.4 is 0 Å². The molecule has 0 aromatic rings. The summed E-state index contributed by atoms with van der Waals surface area (Å²) in [6.07, 6.45) is 14.7. The maximum absolute atomic E-state index is 6.17. The number of hydrogen-bond acceptors (Lipinski definition) is 1. The molecule has 0 aromatic carbocycles. The molecule has 98 valence electrons. The summed E-state index contributed by atoms with van der Waals surface area (Å²) in [5.74, 6) is 1.67. The van der Waals surface area contributed by atoms with Gasteiger partial charge in [-0.05, 0) is 37.5 Å². The second-order valence-corrected chi connectivity index (χ2v) is 7.25. The monoisotopic (exact) mass is 272 g/mol. The van der Waals surface area contributed by atoms with E-state index in [4.69, 9.17) is 16.0 Å². The fourth-order valence-electron chi connectivity index (χ4n) is 3.63. The molecule has 0 amide bonds. The molecule has 17 heavy (non-hydrogen) atoms. The zero-order chi connectivity index (χ0) is 11.9. The third-order valence-electron chi connectivity index (χ3n) is 4.50. The van der Waals surface area contributed by atoms with Gasteiger partial charge in [-0.25, -0.2) is 0 Å². The molecule has 0 spiro atoms. The summed E-state index contributed by atoms with van der Waals surface area (Å²) in [6.45, 7) is 0. The van der Waals surface area contributed by atoms with E-state index in [0.717, 1.165) is 11.8 Å². The fourth-order valence-corrected chi connectivity index (χ4v) is 4.46. The molecule has 2 saturated carbocycles. The molecule has 0 heterocycles. The van der Waals surface area contributed by atoms with Gasteiger partial charge < -0.3 is 4.43 Å². The molecule has 0 atom stereocenters. The van der Waals surface area contributed by atoms with E-state index in [1.807, 2.05) is 0 Å². The minimum atomic E-state index is 0.509. The van der Waals surface area contributed by atoms with Gasteiger partial charge in [0.05, 0.1) is 6.10 Å². The molecule has 3 heteroatoms. The van der Waals surface area contributed by atoms with Gasteiger partial charge in [-0.2, -0.15) is 0 Å². The van der Waals surface area contributed by atoms with Crippen LogP contribution in [0.15, 0.2) is 0 Å². The van der Waals surface area contributed by atoms with Gasteiger partial charge in [0.2, 0.25) is 9.76 Å². The van der Waals surface area contributed by atoms with Crippen LogP contribution in [-0.2, 0) is 4.43 Å². The van der Waals surface area contributed by atoms with E-state index >= 15 is 0 Å². The summed E-state index contributed by atoms with van der Waals surface area (Å²) in [5.41, 5.74) is 0.677. The lowest BCUT2D eigenvalue weighted by Gasteiger charge is -2.37. The first-order valence-electron chi connectivity index (χ1n) is 7.36. The van der Waals surface area contributed by atoms with Crippen LogP contribution in [0.3, 0.4) is 0 Å². The summed E-state index contributed by atoms with van der Waals surface area (Å²) in [6, 6.07) is 0. The van der Waals surface area contributed by atoms with E-state index in [1.165, 1.54) is 64.2 Å². The zero-order valence-corrected chi connectivity index (χ0v) is 12.6. The largest absolute Gasteiger partial charge is 0.413 e. The maximum atomic E-state index is 6.17. The lowest BCUT2D eigenvalue weighted by Crippen LogP contribution is -2.36. The van der Waals surface area contributed by atoms with Crippen molar-refractivity contribution in [3.05, 3.63) is 0 Å². The van der Waals surface area contributed by atoms with Crippen molar-refractivity contribution in [3.63, 3.8) is 0 Å². The molecule has 0 aliphatic heterocycles. The normalized spacial score (nSPS) is 24.4. The number of alkyl halides is 1. The smallest absolute Gasteiger partial charge is 0.246 e. The Balaban J connectivity index is 1.90. The summed E-state index contributed by atoms with van der Waals surface area (Å²) < 4.78 is 6.17. The van der Waals surface area contributed by atoms with E-state index in [0.29, 0.717) is 21.4 Å². The zero-order valence-electron chi connectivity index (χ0n) is 10.8. The average molecular weight is 273 g/mol. The van der Waals surface area contributed by atoms with Crippen molar-refractivity contribution in [1.29, 1.82) is 0 Å². The summed E-state index contributed by atoms with van der Waals surface area (Å²) in [4.78, 5) is 0. The third-order valence-corrected chi connectivity index (χ3v) is 5.38. The van der Waals surface area contributed by atoms with Crippen LogP contribution in [0.25, 0.3) is 0 Å². The van der Waals surface area contributed by atoms with Crippen molar-refractivity contribution < 1.29 is 4.43 Å². The van der Waals surface area contributed by atoms with Gasteiger partial charge in [-0.15, -0.1) is 11.6 Å². The van der Waals surface area contributed by atoms with Gasteiger partial charge in [0.15, 0.2) is 0 Å². The molecular weight excluding hydrogens is 248 g/mol. The fraction of sp³-hybridized carbons (Fsp3) is 1.00.